The van der Waals surface area contributed by atoms with E-state index in [1.807, 2.05) is 97.9 Å². The molecule has 0 saturated carbocycles. The first kappa shape index (κ1) is 16.7. The molecule has 1 heteroatoms. The van der Waals surface area contributed by atoms with E-state index in [-0.39, 0.29) is 5.78 Å². The van der Waals surface area contributed by atoms with Crippen molar-refractivity contribution >= 4 is 5.78 Å². The normalized spacial score (nSPS) is 12.5. The summed E-state index contributed by atoms with van der Waals surface area (Å²) in [6, 6.07) is 29.3. The van der Waals surface area contributed by atoms with E-state index in [2.05, 4.69) is 11.8 Å². The monoisotopic (exact) mass is 324 g/mol. The van der Waals surface area contributed by atoms with Crippen LogP contribution in [0.5, 0.6) is 0 Å². The van der Waals surface area contributed by atoms with Crippen LogP contribution in [0.1, 0.15) is 34.8 Å². The molecule has 0 aliphatic carbocycles. The van der Waals surface area contributed by atoms with E-state index in [1.54, 1.807) is 0 Å². The van der Waals surface area contributed by atoms with Gasteiger partial charge >= 0.3 is 0 Å². The van der Waals surface area contributed by atoms with E-state index in [9.17, 15) is 4.79 Å². The Morgan fingerprint density at radius 2 is 1.32 bits per heavy atom. The second-order valence-electron chi connectivity index (χ2n) is 6.28. The van der Waals surface area contributed by atoms with E-state index < -0.39 is 5.41 Å². The number of benzene rings is 3. The number of carbonyl (C=O) groups excluding carboxylic acids is 1. The van der Waals surface area contributed by atoms with Gasteiger partial charge in [-0.15, -0.1) is 0 Å². The third-order valence-electron chi connectivity index (χ3n) is 4.28. The molecule has 3 rings (SSSR count). The number of rotatable bonds is 4. The number of Topliss-reactive ketones (excluding diaryl/α,β-unsaturated/α-hetero) is 1. The fourth-order valence-corrected chi connectivity index (χ4v) is 2.80. The second-order valence-corrected chi connectivity index (χ2v) is 6.28. The molecule has 3 aromatic rings. The van der Waals surface area contributed by atoms with Crippen molar-refractivity contribution in [3.8, 4) is 11.8 Å². The summed E-state index contributed by atoms with van der Waals surface area (Å²) < 4.78 is 0. The van der Waals surface area contributed by atoms with Gasteiger partial charge in [-0.1, -0.05) is 90.7 Å². The maximum absolute atomic E-state index is 12.8. The zero-order chi connectivity index (χ0) is 17.5. The van der Waals surface area contributed by atoms with E-state index in [1.165, 1.54) is 0 Å². The molecule has 0 aromatic heterocycles. The van der Waals surface area contributed by atoms with E-state index >= 15 is 0 Å². The number of ketones is 1. The van der Waals surface area contributed by atoms with E-state index in [4.69, 9.17) is 0 Å². The Bertz CT molecular complexity index is 886. The molecule has 1 atom stereocenters. The predicted octanol–water partition coefficient (Wildman–Crippen LogP) is 5.27. The Morgan fingerprint density at radius 1 is 0.800 bits per heavy atom. The molecule has 0 radical (unpaired) electrons. The minimum absolute atomic E-state index is 0.106. The lowest BCUT2D eigenvalue weighted by Gasteiger charge is -2.23. The lowest BCUT2D eigenvalue weighted by Crippen LogP contribution is -2.24. The molecule has 0 saturated heterocycles. The van der Waals surface area contributed by atoms with Crippen LogP contribution in [0, 0.1) is 11.8 Å². The van der Waals surface area contributed by atoms with Crippen LogP contribution in [-0.4, -0.2) is 5.78 Å². The first-order chi connectivity index (χ1) is 12.2. The largest absolute Gasteiger partial charge is 0.294 e. The van der Waals surface area contributed by atoms with Gasteiger partial charge in [-0.05, 0) is 24.6 Å². The van der Waals surface area contributed by atoms with Crippen molar-refractivity contribution in [1.82, 2.24) is 0 Å². The summed E-state index contributed by atoms with van der Waals surface area (Å²) in [4.78, 5) is 12.8. The fourth-order valence-electron chi connectivity index (χ4n) is 2.80. The molecule has 3 aromatic carbocycles. The van der Waals surface area contributed by atoms with Gasteiger partial charge < -0.3 is 0 Å². The zero-order valence-corrected chi connectivity index (χ0v) is 14.3. The Hall–Kier alpha value is -3.11. The summed E-state index contributed by atoms with van der Waals surface area (Å²) in [6.07, 6.45) is 0.348. The second kappa shape index (κ2) is 7.64. The highest BCUT2D eigenvalue weighted by Crippen LogP contribution is 2.29. The molecule has 0 aliphatic rings. The summed E-state index contributed by atoms with van der Waals surface area (Å²) in [5, 5.41) is 0. The highest BCUT2D eigenvalue weighted by Gasteiger charge is 2.28. The lowest BCUT2D eigenvalue weighted by atomic mass is 9.77. The van der Waals surface area contributed by atoms with Crippen molar-refractivity contribution in [3.63, 3.8) is 0 Å². The molecule has 0 fully saturated rings. The van der Waals surface area contributed by atoms with E-state index in [0.29, 0.717) is 6.42 Å². The molecular weight excluding hydrogens is 304 g/mol. The van der Waals surface area contributed by atoms with Gasteiger partial charge in [0.1, 0.15) is 0 Å². The number of hydrogen-bond donors (Lipinski definition) is 0. The van der Waals surface area contributed by atoms with Crippen molar-refractivity contribution in [2.45, 2.75) is 18.8 Å². The molecule has 1 nitrogen and oxygen atoms in total. The van der Waals surface area contributed by atoms with Crippen LogP contribution < -0.4 is 0 Å². The van der Waals surface area contributed by atoms with Crippen LogP contribution in [0.4, 0.5) is 0 Å². The highest BCUT2D eigenvalue weighted by atomic mass is 16.1. The maximum atomic E-state index is 12.8. The molecular formula is C24H20O. The summed E-state index contributed by atoms with van der Waals surface area (Å²) >= 11 is 0. The van der Waals surface area contributed by atoms with Crippen LogP contribution in [0.3, 0.4) is 0 Å². The topological polar surface area (TPSA) is 17.1 Å². The zero-order valence-electron chi connectivity index (χ0n) is 14.3. The van der Waals surface area contributed by atoms with Crippen molar-refractivity contribution in [2.75, 3.05) is 0 Å². The van der Waals surface area contributed by atoms with Crippen LogP contribution in [0.25, 0.3) is 0 Å². The predicted molar refractivity (Wildman–Crippen MR) is 103 cm³/mol. The van der Waals surface area contributed by atoms with Crippen LogP contribution in [0.2, 0.25) is 0 Å². The standard InChI is InChI=1S/C24H20O/c1-24(22-15-9-4-10-16-22,18-17-20-11-5-2-6-12-20)19-23(25)21-13-7-3-8-14-21/h2-16H,19H2,1H3. The fraction of sp³-hybridized carbons (Fsp3) is 0.125. The average molecular weight is 324 g/mol. The van der Waals surface area contributed by atoms with Crippen molar-refractivity contribution in [1.29, 1.82) is 0 Å². The lowest BCUT2D eigenvalue weighted by molar-refractivity contribution is 0.0965. The van der Waals surface area contributed by atoms with Crippen LogP contribution in [0.15, 0.2) is 91.0 Å². The SMILES string of the molecule is CC(C#Cc1ccccc1)(CC(=O)c1ccccc1)c1ccccc1. The molecule has 0 heterocycles. The number of hydrogen-bond acceptors (Lipinski definition) is 1. The Morgan fingerprint density at radius 3 is 1.92 bits per heavy atom. The van der Waals surface area contributed by atoms with Gasteiger partial charge in [0.2, 0.25) is 0 Å². The molecule has 0 N–H and O–H groups in total. The summed E-state index contributed by atoms with van der Waals surface area (Å²) in [5.41, 5.74) is 2.20. The van der Waals surface area contributed by atoms with Gasteiger partial charge in [0.15, 0.2) is 5.78 Å². The molecule has 25 heavy (non-hydrogen) atoms. The molecule has 1 unspecified atom stereocenters. The Labute approximate surface area is 149 Å². The molecule has 0 spiro atoms. The van der Waals surface area contributed by atoms with Gasteiger partial charge in [-0.2, -0.15) is 0 Å². The van der Waals surface area contributed by atoms with E-state index in [0.717, 1.165) is 16.7 Å². The molecule has 122 valence electrons. The first-order valence-electron chi connectivity index (χ1n) is 8.39. The van der Waals surface area contributed by atoms with Gasteiger partial charge in [0.05, 0.1) is 5.41 Å². The van der Waals surface area contributed by atoms with Gasteiger partial charge in [-0.25, -0.2) is 0 Å². The minimum atomic E-state index is -0.538. The smallest absolute Gasteiger partial charge is 0.164 e. The molecule has 0 bridgehead atoms. The molecule has 0 amide bonds. The Balaban J connectivity index is 1.96. The Kier molecular flexibility index (Phi) is 5.11. The summed E-state index contributed by atoms with van der Waals surface area (Å²) in [7, 11) is 0. The van der Waals surface area contributed by atoms with Gasteiger partial charge in [0, 0.05) is 17.5 Å². The van der Waals surface area contributed by atoms with Crippen molar-refractivity contribution < 1.29 is 4.79 Å². The highest BCUT2D eigenvalue weighted by molar-refractivity contribution is 5.97. The average Bonchev–Trinajstić information content (AvgIpc) is 2.68. The first-order valence-corrected chi connectivity index (χ1v) is 8.39. The van der Waals surface area contributed by atoms with Crippen LogP contribution in [-0.2, 0) is 5.41 Å². The minimum Gasteiger partial charge on any atom is -0.294 e. The third kappa shape index (κ3) is 4.25. The maximum Gasteiger partial charge on any atom is 0.164 e. The molecule has 0 aliphatic heterocycles. The summed E-state index contributed by atoms with van der Waals surface area (Å²) in [6.45, 7) is 2.04. The van der Waals surface area contributed by atoms with Crippen molar-refractivity contribution in [2.24, 2.45) is 0 Å². The summed E-state index contributed by atoms with van der Waals surface area (Å²) in [5.74, 6) is 6.70. The number of carbonyl (C=O) groups is 1. The van der Waals surface area contributed by atoms with Gasteiger partial charge in [-0.3, -0.25) is 4.79 Å². The van der Waals surface area contributed by atoms with Crippen LogP contribution >= 0.6 is 0 Å². The third-order valence-corrected chi connectivity index (χ3v) is 4.28. The quantitative estimate of drug-likeness (QED) is 0.472. The van der Waals surface area contributed by atoms with Crippen molar-refractivity contribution in [3.05, 3.63) is 108 Å². The van der Waals surface area contributed by atoms with Gasteiger partial charge in [0.25, 0.3) is 0 Å².